The molecule has 0 atom stereocenters. The first-order valence-electron chi connectivity index (χ1n) is 6.23. The summed E-state index contributed by atoms with van der Waals surface area (Å²) < 4.78 is 13.3. The molecule has 0 aliphatic carbocycles. The summed E-state index contributed by atoms with van der Waals surface area (Å²) >= 11 is 6.01. The number of H-pyrrole nitrogens is 1. The van der Waals surface area contributed by atoms with E-state index in [1.807, 2.05) is 6.92 Å². The van der Waals surface area contributed by atoms with Crippen LogP contribution >= 0.6 is 11.6 Å². The van der Waals surface area contributed by atoms with E-state index in [-0.39, 0.29) is 11.6 Å². The summed E-state index contributed by atoms with van der Waals surface area (Å²) in [6.45, 7) is 1.82. The minimum atomic E-state index is -0.406. The van der Waals surface area contributed by atoms with Crippen LogP contribution in [0.25, 0.3) is 10.9 Å². The Morgan fingerprint density at radius 1 is 1.19 bits per heavy atom. The topological polar surface area (TPSA) is 60.7 Å². The van der Waals surface area contributed by atoms with Crippen molar-refractivity contribution in [2.75, 3.05) is 0 Å². The highest BCUT2D eigenvalue weighted by molar-refractivity contribution is 6.31. The maximum atomic E-state index is 13.3. The molecule has 0 saturated carbocycles. The molecule has 6 heteroatoms. The van der Waals surface area contributed by atoms with Crippen LogP contribution in [-0.2, 0) is 0 Å². The Kier molecular flexibility index (Phi) is 3.35. The van der Waals surface area contributed by atoms with E-state index < -0.39 is 5.82 Å². The fourth-order valence-corrected chi connectivity index (χ4v) is 2.21. The van der Waals surface area contributed by atoms with Gasteiger partial charge in [-0.15, -0.1) is 5.11 Å². The Morgan fingerprint density at radius 3 is 2.81 bits per heavy atom. The standard InChI is InChI=1S/C15H11ClFN3O/c1-8-11(16)3-2-4-12(8)19-20-14-10-7-9(17)5-6-13(10)18-15(14)21/h2-7,18,21H,1H3. The van der Waals surface area contributed by atoms with Crippen LogP contribution in [-0.4, -0.2) is 10.1 Å². The van der Waals surface area contributed by atoms with Gasteiger partial charge in [0.15, 0.2) is 5.69 Å². The molecular formula is C15H11ClFN3O. The smallest absolute Gasteiger partial charge is 0.218 e. The number of nitrogens with zero attached hydrogens (tertiary/aromatic N) is 2. The Balaban J connectivity index is 2.09. The van der Waals surface area contributed by atoms with Gasteiger partial charge in [-0.05, 0) is 42.8 Å². The maximum Gasteiger partial charge on any atom is 0.218 e. The third-order valence-electron chi connectivity index (χ3n) is 3.21. The fourth-order valence-electron chi connectivity index (χ4n) is 2.05. The summed E-state index contributed by atoms with van der Waals surface area (Å²) in [5.74, 6) is -0.559. The third-order valence-corrected chi connectivity index (χ3v) is 3.62. The van der Waals surface area contributed by atoms with Gasteiger partial charge >= 0.3 is 0 Å². The Labute approximate surface area is 124 Å². The number of rotatable bonds is 2. The minimum Gasteiger partial charge on any atom is -0.493 e. The van der Waals surface area contributed by atoms with E-state index in [0.29, 0.717) is 21.6 Å². The molecule has 0 unspecified atom stereocenters. The molecule has 0 bridgehead atoms. The molecule has 1 aromatic heterocycles. The number of azo groups is 1. The molecule has 0 aliphatic rings. The molecule has 106 valence electrons. The van der Waals surface area contributed by atoms with Crippen LogP contribution in [0.4, 0.5) is 15.8 Å². The minimum absolute atomic E-state index is 0.154. The average Bonchev–Trinajstić information content (AvgIpc) is 2.76. The zero-order valence-electron chi connectivity index (χ0n) is 11.1. The van der Waals surface area contributed by atoms with Crippen molar-refractivity contribution < 1.29 is 9.50 Å². The Hall–Kier alpha value is -2.40. The van der Waals surface area contributed by atoms with Crippen LogP contribution in [0.15, 0.2) is 46.6 Å². The van der Waals surface area contributed by atoms with Gasteiger partial charge in [-0.1, -0.05) is 17.7 Å². The van der Waals surface area contributed by atoms with Gasteiger partial charge in [0.25, 0.3) is 0 Å². The lowest BCUT2D eigenvalue weighted by Gasteiger charge is -2.00. The first-order chi connectivity index (χ1) is 10.1. The predicted molar refractivity (Wildman–Crippen MR) is 80.3 cm³/mol. The molecule has 0 saturated heterocycles. The van der Waals surface area contributed by atoms with Crippen molar-refractivity contribution in [3.05, 3.63) is 52.8 Å². The fraction of sp³-hybridized carbons (Fsp3) is 0.0667. The molecule has 3 rings (SSSR count). The van der Waals surface area contributed by atoms with Crippen LogP contribution in [0.5, 0.6) is 5.88 Å². The number of aromatic hydroxyl groups is 1. The summed E-state index contributed by atoms with van der Waals surface area (Å²) in [5, 5.41) is 19.0. The zero-order valence-corrected chi connectivity index (χ0v) is 11.8. The number of nitrogens with one attached hydrogen (secondary N) is 1. The van der Waals surface area contributed by atoms with Crippen molar-refractivity contribution in [3.8, 4) is 5.88 Å². The van der Waals surface area contributed by atoms with Crippen LogP contribution in [0, 0.1) is 12.7 Å². The molecule has 2 N–H and O–H groups in total. The molecule has 4 nitrogen and oxygen atoms in total. The molecule has 2 aromatic carbocycles. The van der Waals surface area contributed by atoms with Gasteiger partial charge < -0.3 is 10.1 Å². The van der Waals surface area contributed by atoms with Gasteiger partial charge in [0.1, 0.15) is 5.82 Å². The largest absolute Gasteiger partial charge is 0.493 e. The highest BCUT2D eigenvalue weighted by Gasteiger charge is 2.11. The first kappa shape index (κ1) is 13.6. The molecular weight excluding hydrogens is 293 g/mol. The average molecular weight is 304 g/mol. The number of fused-ring (bicyclic) bond motifs is 1. The van der Waals surface area contributed by atoms with E-state index in [9.17, 15) is 9.50 Å². The van der Waals surface area contributed by atoms with E-state index in [2.05, 4.69) is 15.2 Å². The maximum absolute atomic E-state index is 13.3. The van der Waals surface area contributed by atoms with Crippen molar-refractivity contribution in [2.45, 2.75) is 6.92 Å². The molecule has 3 aromatic rings. The summed E-state index contributed by atoms with van der Waals surface area (Å²) in [7, 11) is 0. The lowest BCUT2D eigenvalue weighted by molar-refractivity contribution is 0.459. The molecule has 0 aliphatic heterocycles. The van der Waals surface area contributed by atoms with Crippen LogP contribution < -0.4 is 0 Å². The number of halogens is 2. The van der Waals surface area contributed by atoms with E-state index in [1.54, 1.807) is 18.2 Å². The van der Waals surface area contributed by atoms with Crippen molar-refractivity contribution in [3.63, 3.8) is 0 Å². The van der Waals surface area contributed by atoms with Crippen molar-refractivity contribution in [1.82, 2.24) is 4.98 Å². The highest BCUT2D eigenvalue weighted by atomic mass is 35.5. The first-order valence-corrected chi connectivity index (χ1v) is 6.61. The molecule has 0 amide bonds. The van der Waals surface area contributed by atoms with E-state index in [4.69, 9.17) is 11.6 Å². The predicted octanol–water partition coefficient (Wildman–Crippen LogP) is 5.39. The lowest BCUT2D eigenvalue weighted by Crippen LogP contribution is -1.75. The zero-order chi connectivity index (χ0) is 15.0. The number of hydrogen-bond donors (Lipinski definition) is 2. The van der Waals surface area contributed by atoms with Gasteiger partial charge in [0.2, 0.25) is 5.88 Å². The lowest BCUT2D eigenvalue weighted by atomic mass is 10.2. The molecule has 0 spiro atoms. The van der Waals surface area contributed by atoms with Gasteiger partial charge in [-0.3, -0.25) is 0 Å². The SMILES string of the molecule is Cc1c(Cl)cccc1N=Nc1c(O)[nH]c2ccc(F)cc12. The van der Waals surface area contributed by atoms with Crippen molar-refractivity contribution in [1.29, 1.82) is 0 Å². The number of aromatic nitrogens is 1. The number of aromatic amines is 1. The van der Waals surface area contributed by atoms with Crippen LogP contribution in [0.1, 0.15) is 5.56 Å². The Morgan fingerprint density at radius 2 is 2.00 bits per heavy atom. The second kappa shape index (κ2) is 5.18. The monoisotopic (exact) mass is 303 g/mol. The number of benzene rings is 2. The van der Waals surface area contributed by atoms with Gasteiger partial charge in [0, 0.05) is 10.4 Å². The second-order valence-corrected chi connectivity index (χ2v) is 5.00. The second-order valence-electron chi connectivity index (χ2n) is 4.60. The van der Waals surface area contributed by atoms with Gasteiger partial charge in [0.05, 0.1) is 11.2 Å². The molecule has 1 heterocycles. The third kappa shape index (κ3) is 2.48. The quantitative estimate of drug-likeness (QED) is 0.613. The Bertz CT molecular complexity index is 857. The van der Waals surface area contributed by atoms with Gasteiger partial charge in [-0.2, -0.15) is 5.11 Å². The highest BCUT2D eigenvalue weighted by Crippen LogP contribution is 2.37. The van der Waals surface area contributed by atoms with Crippen LogP contribution in [0.2, 0.25) is 5.02 Å². The summed E-state index contributed by atoms with van der Waals surface area (Å²) in [4.78, 5) is 2.73. The summed E-state index contributed by atoms with van der Waals surface area (Å²) in [6, 6.07) is 9.42. The van der Waals surface area contributed by atoms with Crippen LogP contribution in [0.3, 0.4) is 0 Å². The van der Waals surface area contributed by atoms with E-state index in [0.717, 1.165) is 5.56 Å². The summed E-state index contributed by atoms with van der Waals surface area (Å²) in [5.41, 5.74) is 2.16. The normalized spacial score (nSPS) is 11.6. The molecule has 0 fully saturated rings. The molecule has 21 heavy (non-hydrogen) atoms. The molecule has 0 radical (unpaired) electrons. The van der Waals surface area contributed by atoms with Gasteiger partial charge in [-0.25, -0.2) is 4.39 Å². The van der Waals surface area contributed by atoms with E-state index in [1.165, 1.54) is 18.2 Å². The number of hydrogen-bond acceptors (Lipinski definition) is 3. The van der Waals surface area contributed by atoms with Crippen molar-refractivity contribution in [2.24, 2.45) is 10.2 Å². The van der Waals surface area contributed by atoms with E-state index >= 15 is 0 Å². The summed E-state index contributed by atoms with van der Waals surface area (Å²) in [6.07, 6.45) is 0. The van der Waals surface area contributed by atoms with Crippen molar-refractivity contribution >= 4 is 33.9 Å².